The van der Waals surface area contributed by atoms with Crippen molar-refractivity contribution in [3.05, 3.63) is 56.8 Å². The van der Waals surface area contributed by atoms with E-state index in [1.54, 1.807) is 13.0 Å². The quantitative estimate of drug-likeness (QED) is 0.531. The summed E-state index contributed by atoms with van der Waals surface area (Å²) in [5.41, 5.74) is -0.130. The highest BCUT2D eigenvalue weighted by Crippen LogP contribution is 2.40. The van der Waals surface area contributed by atoms with Crippen LogP contribution in [0.25, 0.3) is 0 Å². The highest BCUT2D eigenvalue weighted by molar-refractivity contribution is 6.42. The van der Waals surface area contributed by atoms with E-state index in [1.165, 1.54) is 12.1 Å². The predicted octanol–water partition coefficient (Wildman–Crippen LogP) is 5.02. The van der Waals surface area contributed by atoms with Gasteiger partial charge in [-0.05, 0) is 30.5 Å². The molecule has 6 nitrogen and oxygen atoms in total. The number of amides is 1. The van der Waals surface area contributed by atoms with Crippen LogP contribution < -0.4 is 10.6 Å². The average molecular weight is 491 g/mol. The first-order valence-corrected chi connectivity index (χ1v) is 10.7. The number of hydrogen-bond donors (Lipinski definition) is 3. The summed E-state index contributed by atoms with van der Waals surface area (Å²) >= 11 is 12.2. The average Bonchev–Trinajstić information content (AvgIpc) is 3.16. The van der Waals surface area contributed by atoms with Crippen LogP contribution in [0, 0.1) is 5.92 Å². The van der Waals surface area contributed by atoms with E-state index in [0.29, 0.717) is 11.3 Å². The standard InChI is InChI=1S/C21H23Cl2F3N4O2/c1-4-10(2)15(9-31)28-20(32)18-11(3)27-17-8-16(21(24,25)26)29-30(17)19(18)12-5-6-13(22)14(23)7-12/h5-8,10,15,19,27,31H,4,9H2,1-3H3,(H,28,32)/t10-,15+,19?/m0/s1. The number of benzene rings is 1. The van der Waals surface area contributed by atoms with Gasteiger partial charge in [0.25, 0.3) is 5.91 Å². The van der Waals surface area contributed by atoms with E-state index in [1.807, 2.05) is 13.8 Å². The fourth-order valence-electron chi connectivity index (χ4n) is 3.59. The van der Waals surface area contributed by atoms with Gasteiger partial charge in [0, 0.05) is 11.8 Å². The normalized spacial score (nSPS) is 18.1. The van der Waals surface area contributed by atoms with E-state index in [9.17, 15) is 23.1 Å². The summed E-state index contributed by atoms with van der Waals surface area (Å²) < 4.78 is 41.2. The molecule has 0 bridgehead atoms. The maximum absolute atomic E-state index is 13.4. The smallest absolute Gasteiger partial charge is 0.394 e. The molecule has 11 heteroatoms. The number of alkyl halides is 3. The van der Waals surface area contributed by atoms with E-state index < -0.39 is 29.9 Å². The number of carbonyl (C=O) groups excluding carboxylic acids is 1. The van der Waals surface area contributed by atoms with E-state index in [4.69, 9.17) is 23.2 Å². The Balaban J connectivity index is 2.12. The number of allylic oxidation sites excluding steroid dienone is 1. The van der Waals surface area contributed by atoms with Crippen molar-refractivity contribution in [3.8, 4) is 0 Å². The Morgan fingerprint density at radius 2 is 2.00 bits per heavy atom. The number of nitrogens with one attached hydrogen (secondary N) is 2. The van der Waals surface area contributed by atoms with Crippen LogP contribution in [-0.4, -0.2) is 33.4 Å². The third-order valence-corrected chi connectivity index (χ3v) is 6.35. The number of aromatic nitrogens is 2. The lowest BCUT2D eigenvalue weighted by atomic mass is 9.93. The minimum atomic E-state index is -4.66. The zero-order valence-corrected chi connectivity index (χ0v) is 19.1. The Morgan fingerprint density at radius 1 is 1.31 bits per heavy atom. The van der Waals surface area contributed by atoms with Crippen LogP contribution in [0.15, 0.2) is 35.5 Å². The lowest BCUT2D eigenvalue weighted by molar-refractivity contribution is -0.141. The van der Waals surface area contributed by atoms with Crippen molar-refractivity contribution in [2.45, 2.75) is 45.5 Å². The first-order valence-electron chi connectivity index (χ1n) is 9.99. The molecule has 174 valence electrons. The van der Waals surface area contributed by atoms with Crippen LogP contribution >= 0.6 is 23.2 Å². The highest BCUT2D eigenvalue weighted by atomic mass is 35.5. The van der Waals surface area contributed by atoms with Gasteiger partial charge in [-0.2, -0.15) is 18.3 Å². The molecule has 3 rings (SSSR count). The molecule has 1 unspecified atom stereocenters. The van der Waals surface area contributed by atoms with Gasteiger partial charge in [0.05, 0.1) is 28.3 Å². The van der Waals surface area contributed by atoms with Gasteiger partial charge in [-0.1, -0.05) is 49.5 Å². The van der Waals surface area contributed by atoms with Gasteiger partial charge >= 0.3 is 6.18 Å². The molecule has 0 aliphatic carbocycles. The lowest BCUT2D eigenvalue weighted by Crippen LogP contribution is -2.45. The third-order valence-electron chi connectivity index (χ3n) is 5.61. The van der Waals surface area contributed by atoms with Gasteiger partial charge < -0.3 is 15.7 Å². The summed E-state index contributed by atoms with van der Waals surface area (Å²) in [6.07, 6.45) is -3.95. The van der Waals surface area contributed by atoms with Crippen molar-refractivity contribution in [1.29, 1.82) is 0 Å². The second kappa shape index (κ2) is 9.33. The van der Waals surface area contributed by atoms with E-state index in [2.05, 4.69) is 15.7 Å². The second-order valence-corrected chi connectivity index (χ2v) is 8.56. The molecule has 0 fully saturated rings. The number of halogens is 5. The minimum Gasteiger partial charge on any atom is -0.394 e. The van der Waals surface area contributed by atoms with Crippen molar-refractivity contribution in [2.24, 2.45) is 5.92 Å². The van der Waals surface area contributed by atoms with Crippen LogP contribution in [0.1, 0.15) is 44.5 Å². The zero-order chi connectivity index (χ0) is 23.8. The maximum Gasteiger partial charge on any atom is 0.435 e. The molecule has 0 saturated carbocycles. The van der Waals surface area contributed by atoms with Crippen molar-refractivity contribution in [2.75, 3.05) is 11.9 Å². The van der Waals surface area contributed by atoms with Gasteiger partial charge in [-0.15, -0.1) is 0 Å². The van der Waals surface area contributed by atoms with Gasteiger partial charge in [0.1, 0.15) is 11.9 Å². The molecule has 0 radical (unpaired) electrons. The number of aliphatic hydroxyl groups is 1. The Labute approximate surface area is 193 Å². The number of fused-ring (bicyclic) bond motifs is 1. The summed E-state index contributed by atoms with van der Waals surface area (Å²) in [5.74, 6) is -0.454. The van der Waals surface area contributed by atoms with Crippen LogP contribution in [0.3, 0.4) is 0 Å². The van der Waals surface area contributed by atoms with Crippen molar-refractivity contribution in [1.82, 2.24) is 15.1 Å². The van der Waals surface area contributed by atoms with Gasteiger partial charge in [0.15, 0.2) is 5.69 Å². The summed E-state index contributed by atoms with van der Waals surface area (Å²) in [6, 6.07) is 3.97. The van der Waals surface area contributed by atoms with Crippen LogP contribution in [-0.2, 0) is 11.0 Å². The Morgan fingerprint density at radius 3 is 2.56 bits per heavy atom. The predicted molar refractivity (Wildman–Crippen MR) is 117 cm³/mol. The molecular formula is C21H23Cl2F3N4O2. The molecular weight excluding hydrogens is 468 g/mol. The van der Waals surface area contributed by atoms with E-state index in [-0.39, 0.29) is 34.0 Å². The summed E-state index contributed by atoms with van der Waals surface area (Å²) in [4.78, 5) is 13.3. The molecule has 2 aromatic rings. The first kappa shape index (κ1) is 24.4. The molecule has 1 amide bonds. The molecule has 3 atom stereocenters. The number of carbonyl (C=O) groups is 1. The molecule has 0 spiro atoms. The lowest BCUT2D eigenvalue weighted by Gasteiger charge is -2.31. The zero-order valence-electron chi connectivity index (χ0n) is 17.6. The number of hydrogen-bond acceptors (Lipinski definition) is 4. The molecule has 3 N–H and O–H groups in total. The molecule has 1 aliphatic rings. The molecule has 2 heterocycles. The fraction of sp³-hybridized carbons (Fsp3) is 0.429. The van der Waals surface area contributed by atoms with Gasteiger partial charge in [-0.25, -0.2) is 4.68 Å². The van der Waals surface area contributed by atoms with E-state index in [0.717, 1.165) is 17.2 Å². The third kappa shape index (κ3) is 4.74. The fourth-order valence-corrected chi connectivity index (χ4v) is 3.90. The SMILES string of the molecule is CC[C@H](C)[C@@H](CO)NC(=O)C1=C(C)Nc2cc(C(F)(F)F)nn2C1c1ccc(Cl)c(Cl)c1. The summed E-state index contributed by atoms with van der Waals surface area (Å²) in [6.45, 7) is 5.14. The number of aliphatic hydroxyl groups excluding tert-OH is 1. The first-order chi connectivity index (χ1) is 15.0. The van der Waals surface area contributed by atoms with Crippen molar-refractivity contribution in [3.63, 3.8) is 0 Å². The topological polar surface area (TPSA) is 79.2 Å². The second-order valence-electron chi connectivity index (χ2n) is 7.74. The Bertz CT molecular complexity index is 1050. The van der Waals surface area contributed by atoms with Crippen LogP contribution in [0.5, 0.6) is 0 Å². The van der Waals surface area contributed by atoms with Crippen LogP contribution in [0.2, 0.25) is 10.0 Å². The van der Waals surface area contributed by atoms with Gasteiger partial charge in [-0.3, -0.25) is 4.79 Å². The summed E-state index contributed by atoms with van der Waals surface area (Å²) in [7, 11) is 0. The van der Waals surface area contributed by atoms with Crippen molar-refractivity contribution < 1.29 is 23.1 Å². The minimum absolute atomic E-state index is 0.0121. The largest absolute Gasteiger partial charge is 0.435 e. The molecule has 1 aliphatic heterocycles. The maximum atomic E-state index is 13.4. The molecule has 1 aromatic heterocycles. The summed E-state index contributed by atoms with van der Waals surface area (Å²) in [5, 5.41) is 19.6. The highest BCUT2D eigenvalue weighted by Gasteiger charge is 2.40. The Kier molecular flexibility index (Phi) is 7.12. The number of anilines is 1. The number of nitrogens with zero attached hydrogens (tertiary/aromatic N) is 2. The number of rotatable bonds is 6. The van der Waals surface area contributed by atoms with Crippen molar-refractivity contribution >= 4 is 34.9 Å². The molecule has 1 aromatic carbocycles. The van der Waals surface area contributed by atoms with E-state index >= 15 is 0 Å². The molecule has 0 saturated heterocycles. The molecule has 32 heavy (non-hydrogen) atoms. The monoisotopic (exact) mass is 490 g/mol. The Hall–Kier alpha value is -2.23. The van der Waals surface area contributed by atoms with Crippen LogP contribution in [0.4, 0.5) is 19.0 Å². The van der Waals surface area contributed by atoms with Gasteiger partial charge in [0.2, 0.25) is 0 Å².